The molecule has 0 aliphatic carbocycles. The first-order valence-corrected chi connectivity index (χ1v) is 9.63. The molecule has 0 bridgehead atoms. The van der Waals surface area contributed by atoms with Crippen LogP contribution in [0.3, 0.4) is 0 Å². The Labute approximate surface area is 163 Å². The van der Waals surface area contributed by atoms with Gasteiger partial charge in [-0.3, -0.25) is 19.6 Å². The zero-order chi connectivity index (χ0) is 19.3. The Morgan fingerprint density at radius 3 is 2.50 bits per heavy atom. The van der Waals surface area contributed by atoms with Gasteiger partial charge in [0.25, 0.3) is 11.8 Å². The van der Waals surface area contributed by atoms with E-state index in [4.69, 9.17) is 0 Å². The number of hydrogen-bond acceptors (Lipinski definition) is 4. The second kappa shape index (κ2) is 8.17. The number of anilines is 1. The molecule has 1 saturated heterocycles. The lowest BCUT2D eigenvalue weighted by atomic mass is 10.1. The highest BCUT2D eigenvalue weighted by atomic mass is 16.2. The quantitative estimate of drug-likeness (QED) is 0.754. The number of nitrogens with zero attached hydrogens (tertiary/aromatic N) is 3. The number of aromatic nitrogens is 2. The van der Waals surface area contributed by atoms with Gasteiger partial charge in [0.2, 0.25) is 0 Å². The van der Waals surface area contributed by atoms with Gasteiger partial charge >= 0.3 is 0 Å². The summed E-state index contributed by atoms with van der Waals surface area (Å²) < 4.78 is 0. The van der Waals surface area contributed by atoms with Gasteiger partial charge < -0.3 is 10.2 Å². The van der Waals surface area contributed by atoms with Crippen LogP contribution in [0.4, 0.5) is 5.69 Å². The molecule has 6 heteroatoms. The molecule has 1 aliphatic heterocycles. The zero-order valence-corrected chi connectivity index (χ0v) is 15.6. The number of pyridine rings is 2. The number of benzene rings is 1. The highest BCUT2D eigenvalue weighted by Gasteiger charge is 2.19. The van der Waals surface area contributed by atoms with Crippen molar-refractivity contribution in [3.8, 4) is 0 Å². The molecule has 0 radical (unpaired) electrons. The molecule has 1 aromatic carbocycles. The van der Waals surface area contributed by atoms with Crippen LogP contribution in [0.2, 0.25) is 0 Å². The normalized spacial score (nSPS) is 14.5. The molecule has 4 rings (SSSR count). The first kappa shape index (κ1) is 18.1. The number of para-hydroxylation sites is 1. The third-order valence-corrected chi connectivity index (χ3v) is 5.01. The van der Waals surface area contributed by atoms with Gasteiger partial charge in [-0.25, -0.2) is 0 Å². The number of hydrogen-bond donors (Lipinski definition) is 1. The Bertz CT molecular complexity index is 1000. The van der Waals surface area contributed by atoms with Gasteiger partial charge in [-0.05, 0) is 37.1 Å². The van der Waals surface area contributed by atoms with E-state index in [1.807, 2.05) is 29.2 Å². The van der Waals surface area contributed by atoms with Crippen molar-refractivity contribution in [1.29, 1.82) is 0 Å². The molecule has 0 spiro atoms. The Kier molecular flexibility index (Phi) is 5.28. The fourth-order valence-electron chi connectivity index (χ4n) is 3.54. The average Bonchev–Trinajstić information content (AvgIpc) is 3.03. The summed E-state index contributed by atoms with van der Waals surface area (Å²) in [5.74, 6) is -0.395. The lowest BCUT2D eigenvalue weighted by Crippen LogP contribution is -2.32. The van der Waals surface area contributed by atoms with Crippen LogP contribution in [-0.4, -0.2) is 39.8 Å². The first-order chi connectivity index (χ1) is 13.7. The lowest BCUT2D eigenvalue weighted by Gasteiger charge is -2.20. The number of fused-ring (bicyclic) bond motifs is 1. The Morgan fingerprint density at radius 1 is 0.893 bits per heavy atom. The van der Waals surface area contributed by atoms with Crippen molar-refractivity contribution in [3.05, 3.63) is 66.1 Å². The van der Waals surface area contributed by atoms with E-state index in [1.165, 1.54) is 6.20 Å². The van der Waals surface area contributed by atoms with Gasteiger partial charge in [0.05, 0.1) is 11.2 Å². The Hall–Kier alpha value is -3.28. The van der Waals surface area contributed by atoms with E-state index in [0.29, 0.717) is 11.3 Å². The standard InChI is InChI=1S/C22H22N4O2/c27-21(25-18-9-5-7-16-8-6-11-24-20(16)18)19-15-17(10-12-23-19)22(28)26-13-3-1-2-4-14-26/h5-12,15H,1-4,13-14H2,(H,25,27). The summed E-state index contributed by atoms with van der Waals surface area (Å²) in [4.78, 5) is 35.9. The minimum absolute atomic E-state index is 0.0369. The maximum absolute atomic E-state index is 12.8. The predicted octanol–water partition coefficient (Wildman–Crippen LogP) is 3.90. The van der Waals surface area contributed by atoms with Gasteiger partial charge in [-0.2, -0.15) is 0 Å². The Morgan fingerprint density at radius 2 is 1.68 bits per heavy atom. The van der Waals surface area contributed by atoms with Crippen molar-refractivity contribution in [2.24, 2.45) is 0 Å². The van der Waals surface area contributed by atoms with Crippen LogP contribution in [-0.2, 0) is 0 Å². The van der Waals surface area contributed by atoms with Gasteiger partial charge in [0.1, 0.15) is 5.69 Å². The number of carbonyl (C=O) groups excluding carboxylic acids is 2. The van der Waals surface area contributed by atoms with Crippen LogP contribution >= 0.6 is 0 Å². The van der Waals surface area contributed by atoms with E-state index in [-0.39, 0.29) is 17.5 Å². The maximum Gasteiger partial charge on any atom is 0.274 e. The molecule has 3 aromatic rings. The van der Waals surface area contributed by atoms with Crippen molar-refractivity contribution in [3.63, 3.8) is 0 Å². The van der Waals surface area contributed by atoms with Crippen LogP contribution in [0.15, 0.2) is 54.9 Å². The number of carbonyl (C=O) groups is 2. The molecule has 1 aliphatic rings. The minimum atomic E-state index is -0.358. The van der Waals surface area contributed by atoms with E-state index in [0.717, 1.165) is 49.7 Å². The molecule has 0 unspecified atom stereocenters. The van der Waals surface area contributed by atoms with Crippen LogP contribution in [0.1, 0.15) is 46.5 Å². The van der Waals surface area contributed by atoms with Crippen LogP contribution in [0.5, 0.6) is 0 Å². The summed E-state index contributed by atoms with van der Waals surface area (Å²) in [6, 6.07) is 12.7. The third kappa shape index (κ3) is 3.86. The highest BCUT2D eigenvalue weighted by molar-refractivity contribution is 6.08. The monoisotopic (exact) mass is 374 g/mol. The van der Waals surface area contributed by atoms with Crippen LogP contribution < -0.4 is 5.32 Å². The average molecular weight is 374 g/mol. The fraction of sp³-hybridized carbons (Fsp3) is 0.273. The molecule has 28 heavy (non-hydrogen) atoms. The molecule has 2 aromatic heterocycles. The van der Waals surface area contributed by atoms with E-state index < -0.39 is 0 Å². The minimum Gasteiger partial charge on any atom is -0.339 e. The lowest BCUT2D eigenvalue weighted by molar-refractivity contribution is 0.0761. The second-order valence-corrected chi connectivity index (χ2v) is 6.97. The first-order valence-electron chi connectivity index (χ1n) is 9.63. The van der Waals surface area contributed by atoms with Crippen molar-refractivity contribution in [2.45, 2.75) is 25.7 Å². The van der Waals surface area contributed by atoms with E-state index in [1.54, 1.807) is 24.4 Å². The van der Waals surface area contributed by atoms with E-state index in [9.17, 15) is 9.59 Å². The molecule has 6 nitrogen and oxygen atoms in total. The number of nitrogens with one attached hydrogen (secondary N) is 1. The van der Waals surface area contributed by atoms with Gasteiger partial charge in [0.15, 0.2) is 0 Å². The van der Waals surface area contributed by atoms with Crippen molar-refractivity contribution < 1.29 is 9.59 Å². The van der Waals surface area contributed by atoms with Crippen molar-refractivity contribution >= 4 is 28.4 Å². The van der Waals surface area contributed by atoms with Crippen molar-refractivity contribution in [1.82, 2.24) is 14.9 Å². The van der Waals surface area contributed by atoms with Crippen LogP contribution in [0.25, 0.3) is 10.9 Å². The van der Waals surface area contributed by atoms with E-state index >= 15 is 0 Å². The highest BCUT2D eigenvalue weighted by Crippen LogP contribution is 2.21. The molecule has 3 heterocycles. The molecule has 2 amide bonds. The van der Waals surface area contributed by atoms with Gasteiger partial charge in [0, 0.05) is 36.4 Å². The smallest absolute Gasteiger partial charge is 0.274 e. The molecule has 1 N–H and O–H groups in total. The zero-order valence-electron chi connectivity index (χ0n) is 15.6. The maximum atomic E-state index is 12.8. The molecule has 142 valence electrons. The summed E-state index contributed by atoms with van der Waals surface area (Å²) in [5, 5.41) is 3.81. The summed E-state index contributed by atoms with van der Waals surface area (Å²) in [5.41, 5.74) is 2.05. The summed E-state index contributed by atoms with van der Waals surface area (Å²) in [6.07, 6.45) is 7.58. The summed E-state index contributed by atoms with van der Waals surface area (Å²) in [6.45, 7) is 1.54. The number of likely N-dealkylation sites (tertiary alicyclic amines) is 1. The van der Waals surface area contributed by atoms with Gasteiger partial charge in [-0.15, -0.1) is 0 Å². The molecule has 1 fully saturated rings. The fourth-order valence-corrected chi connectivity index (χ4v) is 3.54. The van der Waals surface area contributed by atoms with Crippen LogP contribution in [0, 0.1) is 0 Å². The van der Waals surface area contributed by atoms with Crippen molar-refractivity contribution in [2.75, 3.05) is 18.4 Å². The topological polar surface area (TPSA) is 75.2 Å². The Balaban J connectivity index is 1.55. The van der Waals surface area contributed by atoms with Gasteiger partial charge in [-0.1, -0.05) is 31.0 Å². The number of rotatable bonds is 3. The molecule has 0 atom stereocenters. The summed E-state index contributed by atoms with van der Waals surface area (Å²) >= 11 is 0. The summed E-state index contributed by atoms with van der Waals surface area (Å²) in [7, 11) is 0. The number of amides is 2. The second-order valence-electron chi connectivity index (χ2n) is 6.97. The predicted molar refractivity (Wildman–Crippen MR) is 108 cm³/mol. The SMILES string of the molecule is O=C(Nc1cccc2cccnc12)c1cc(C(=O)N2CCCCCC2)ccn1. The largest absolute Gasteiger partial charge is 0.339 e. The molecular weight excluding hydrogens is 352 g/mol. The molecular formula is C22H22N4O2. The third-order valence-electron chi connectivity index (χ3n) is 5.01. The molecule has 0 saturated carbocycles. The van der Waals surface area contributed by atoms with E-state index in [2.05, 4.69) is 15.3 Å².